The number of nitrogens with one attached hydrogen (secondary N) is 1. The Morgan fingerprint density at radius 2 is 1.90 bits per heavy atom. The number of ether oxygens (including phenoxy) is 2. The van der Waals surface area contributed by atoms with Gasteiger partial charge >= 0.3 is 0 Å². The van der Waals surface area contributed by atoms with Crippen molar-refractivity contribution in [3.63, 3.8) is 0 Å². The van der Waals surface area contributed by atoms with Gasteiger partial charge in [-0.25, -0.2) is 4.39 Å². The average Bonchev–Trinajstić information content (AvgIpc) is 2.72. The molecule has 7 nitrogen and oxygen atoms in total. The van der Waals surface area contributed by atoms with E-state index >= 15 is 0 Å². The summed E-state index contributed by atoms with van der Waals surface area (Å²) in [4.78, 5) is 24.7. The monoisotopic (exact) mass is 431 g/mol. The zero-order chi connectivity index (χ0) is 21.8. The summed E-state index contributed by atoms with van der Waals surface area (Å²) in [5.74, 6) is -0.413. The average molecular weight is 432 g/mol. The minimum Gasteiger partial charge on any atom is -0.495 e. The number of carbonyl (C=O) groups is 1. The number of aryl methyl sites for hydroxylation is 1. The number of benzene rings is 2. The van der Waals surface area contributed by atoms with Crippen molar-refractivity contribution in [2.45, 2.75) is 20.0 Å². The predicted molar refractivity (Wildman–Crippen MR) is 111 cm³/mol. The fourth-order valence-electron chi connectivity index (χ4n) is 2.62. The first-order chi connectivity index (χ1) is 14.3. The normalized spacial score (nSPS) is 11.6. The molecule has 156 valence electrons. The van der Waals surface area contributed by atoms with Crippen LogP contribution in [0.2, 0.25) is 5.02 Å². The minimum absolute atomic E-state index is 0.0563. The van der Waals surface area contributed by atoms with Crippen molar-refractivity contribution in [2.24, 2.45) is 0 Å². The highest BCUT2D eigenvalue weighted by molar-refractivity contribution is 6.31. The summed E-state index contributed by atoms with van der Waals surface area (Å²) in [5.41, 5.74) is 1.16. The molecule has 1 N–H and O–H groups in total. The SMILES string of the molecule is COc1cc(Cl)c(C)cc1NC(=O)[C@@H](C)Oc1ccc(=O)n(-c2ccc(F)cc2)n1. The second-order valence-electron chi connectivity index (χ2n) is 6.45. The fourth-order valence-corrected chi connectivity index (χ4v) is 2.78. The van der Waals surface area contributed by atoms with Gasteiger partial charge in [-0.15, -0.1) is 5.10 Å². The molecule has 30 heavy (non-hydrogen) atoms. The second kappa shape index (κ2) is 8.96. The van der Waals surface area contributed by atoms with E-state index in [2.05, 4.69) is 10.4 Å². The zero-order valence-corrected chi connectivity index (χ0v) is 17.2. The number of hydrogen-bond donors (Lipinski definition) is 1. The van der Waals surface area contributed by atoms with Crippen LogP contribution in [0.3, 0.4) is 0 Å². The molecule has 0 fully saturated rings. The Morgan fingerprint density at radius 3 is 2.57 bits per heavy atom. The highest BCUT2D eigenvalue weighted by Gasteiger charge is 2.19. The molecule has 0 spiro atoms. The second-order valence-corrected chi connectivity index (χ2v) is 6.86. The van der Waals surface area contributed by atoms with Gasteiger partial charge < -0.3 is 14.8 Å². The fraction of sp³-hybridized carbons (Fsp3) is 0.190. The summed E-state index contributed by atoms with van der Waals surface area (Å²) in [5, 5.41) is 7.34. The first kappa shape index (κ1) is 21.3. The van der Waals surface area contributed by atoms with E-state index in [4.69, 9.17) is 21.1 Å². The van der Waals surface area contributed by atoms with Crippen molar-refractivity contribution < 1.29 is 18.7 Å². The van der Waals surface area contributed by atoms with Gasteiger partial charge in [0.15, 0.2) is 6.10 Å². The van der Waals surface area contributed by atoms with Crippen molar-refractivity contribution in [3.05, 3.63) is 75.3 Å². The van der Waals surface area contributed by atoms with E-state index in [1.807, 2.05) is 0 Å². The zero-order valence-electron chi connectivity index (χ0n) is 16.5. The number of amides is 1. The third kappa shape index (κ3) is 4.77. The van der Waals surface area contributed by atoms with E-state index in [1.165, 1.54) is 43.5 Å². The van der Waals surface area contributed by atoms with E-state index in [0.717, 1.165) is 10.2 Å². The summed E-state index contributed by atoms with van der Waals surface area (Å²) >= 11 is 6.08. The van der Waals surface area contributed by atoms with E-state index in [-0.39, 0.29) is 5.88 Å². The Hall–Kier alpha value is -3.39. The third-order valence-corrected chi connectivity index (χ3v) is 4.66. The number of hydrogen-bond acceptors (Lipinski definition) is 5. The van der Waals surface area contributed by atoms with Crippen LogP contribution < -0.4 is 20.3 Å². The van der Waals surface area contributed by atoms with Crippen molar-refractivity contribution >= 4 is 23.2 Å². The Labute approximate surface area is 177 Å². The third-order valence-electron chi connectivity index (χ3n) is 4.25. The van der Waals surface area contributed by atoms with Gasteiger partial charge in [0, 0.05) is 23.2 Å². The first-order valence-electron chi connectivity index (χ1n) is 8.96. The molecular formula is C21H19ClFN3O4. The lowest BCUT2D eigenvalue weighted by Crippen LogP contribution is -2.31. The predicted octanol–water partition coefficient (Wildman–Crippen LogP) is 3.75. The molecule has 0 aliphatic heterocycles. The molecular weight excluding hydrogens is 413 g/mol. The van der Waals surface area contributed by atoms with E-state index in [1.54, 1.807) is 26.0 Å². The van der Waals surface area contributed by atoms with Gasteiger partial charge in [-0.2, -0.15) is 4.68 Å². The molecule has 2 aromatic carbocycles. The number of rotatable bonds is 6. The lowest BCUT2D eigenvalue weighted by molar-refractivity contribution is -0.122. The molecule has 0 saturated carbocycles. The van der Waals surface area contributed by atoms with Crippen LogP contribution in [-0.4, -0.2) is 28.9 Å². The maximum absolute atomic E-state index is 13.1. The molecule has 0 aliphatic carbocycles. The highest BCUT2D eigenvalue weighted by atomic mass is 35.5. The van der Waals surface area contributed by atoms with Crippen LogP contribution in [0.15, 0.2) is 53.3 Å². The molecule has 0 radical (unpaired) electrons. The van der Waals surface area contributed by atoms with Crippen LogP contribution in [0.1, 0.15) is 12.5 Å². The Kier molecular flexibility index (Phi) is 6.37. The van der Waals surface area contributed by atoms with E-state index < -0.39 is 23.4 Å². The molecule has 1 amide bonds. The maximum Gasteiger partial charge on any atom is 0.271 e. The first-order valence-corrected chi connectivity index (χ1v) is 9.34. The largest absolute Gasteiger partial charge is 0.495 e. The van der Waals surface area contributed by atoms with Crippen molar-refractivity contribution in [3.8, 4) is 17.3 Å². The molecule has 0 saturated heterocycles. The van der Waals surface area contributed by atoms with Gasteiger partial charge in [-0.1, -0.05) is 11.6 Å². The summed E-state index contributed by atoms with van der Waals surface area (Å²) in [7, 11) is 1.47. The van der Waals surface area contributed by atoms with Crippen LogP contribution >= 0.6 is 11.6 Å². The van der Waals surface area contributed by atoms with Crippen LogP contribution in [0.25, 0.3) is 5.69 Å². The van der Waals surface area contributed by atoms with E-state index in [0.29, 0.717) is 22.1 Å². The Morgan fingerprint density at radius 1 is 1.20 bits per heavy atom. The van der Waals surface area contributed by atoms with Crippen LogP contribution in [0.5, 0.6) is 11.6 Å². The van der Waals surface area contributed by atoms with Gasteiger partial charge in [0.1, 0.15) is 11.6 Å². The summed E-state index contributed by atoms with van der Waals surface area (Å²) in [6, 6.07) is 11.2. The van der Waals surface area contributed by atoms with Crippen molar-refractivity contribution in [1.82, 2.24) is 9.78 Å². The van der Waals surface area contributed by atoms with Crippen LogP contribution in [0, 0.1) is 12.7 Å². The lowest BCUT2D eigenvalue weighted by atomic mass is 10.2. The summed E-state index contributed by atoms with van der Waals surface area (Å²) in [6.07, 6.45) is -0.933. The number of carbonyl (C=O) groups excluding carboxylic acids is 1. The maximum atomic E-state index is 13.1. The molecule has 0 aliphatic rings. The molecule has 9 heteroatoms. The molecule has 1 aromatic heterocycles. The lowest BCUT2D eigenvalue weighted by Gasteiger charge is -2.17. The molecule has 3 aromatic rings. The Balaban J connectivity index is 1.77. The molecule has 1 heterocycles. The van der Waals surface area contributed by atoms with E-state index in [9.17, 15) is 14.0 Å². The summed E-state index contributed by atoms with van der Waals surface area (Å²) in [6.45, 7) is 3.35. The van der Waals surface area contributed by atoms with Gasteiger partial charge in [0.25, 0.3) is 11.5 Å². The van der Waals surface area contributed by atoms with Gasteiger partial charge in [-0.05, 0) is 49.7 Å². The molecule has 3 rings (SSSR count). The number of anilines is 1. The number of halogens is 2. The Bertz CT molecular complexity index is 1130. The van der Waals surface area contributed by atoms with Crippen LogP contribution in [-0.2, 0) is 4.79 Å². The van der Waals surface area contributed by atoms with Crippen LogP contribution in [0.4, 0.5) is 10.1 Å². The van der Waals surface area contributed by atoms with Gasteiger partial charge in [-0.3, -0.25) is 9.59 Å². The molecule has 1 atom stereocenters. The van der Waals surface area contributed by atoms with Crippen molar-refractivity contribution in [2.75, 3.05) is 12.4 Å². The molecule has 0 bridgehead atoms. The molecule has 0 unspecified atom stereocenters. The van der Waals surface area contributed by atoms with Gasteiger partial charge in [0.2, 0.25) is 5.88 Å². The number of nitrogens with zero attached hydrogens (tertiary/aromatic N) is 2. The smallest absolute Gasteiger partial charge is 0.271 e. The summed E-state index contributed by atoms with van der Waals surface area (Å²) < 4.78 is 25.0. The quantitative estimate of drug-likeness (QED) is 0.642. The minimum atomic E-state index is -0.933. The highest BCUT2D eigenvalue weighted by Crippen LogP contribution is 2.31. The number of methoxy groups -OCH3 is 1. The topological polar surface area (TPSA) is 82.5 Å². The van der Waals surface area contributed by atoms with Gasteiger partial charge in [0.05, 0.1) is 18.5 Å². The van der Waals surface area contributed by atoms with Crippen molar-refractivity contribution in [1.29, 1.82) is 0 Å². The standard InChI is InChI=1S/C21H19ClFN3O4/c1-12-10-17(18(29-3)11-16(12)22)24-21(28)13(2)30-19-8-9-20(27)26(25-19)15-6-4-14(23)5-7-15/h4-11,13H,1-3H3,(H,24,28)/t13-/m1/s1. The number of aromatic nitrogens is 2.